The van der Waals surface area contributed by atoms with Gasteiger partial charge in [0.25, 0.3) is 0 Å². The molecule has 0 saturated heterocycles. The van der Waals surface area contributed by atoms with E-state index in [1.807, 2.05) is 12.1 Å². The van der Waals surface area contributed by atoms with Crippen molar-refractivity contribution in [2.45, 2.75) is 0 Å². The van der Waals surface area contributed by atoms with Gasteiger partial charge in [-0.3, -0.25) is 0 Å². The van der Waals surface area contributed by atoms with Crippen LogP contribution in [0.15, 0.2) is 24.4 Å². The Morgan fingerprint density at radius 3 is 3.00 bits per heavy atom. The van der Waals surface area contributed by atoms with Crippen LogP contribution in [0, 0.1) is 0 Å². The molecular weight excluding hydrogens is 154 g/mol. The zero-order valence-electron chi connectivity index (χ0n) is 6.66. The van der Waals surface area contributed by atoms with Gasteiger partial charge in [0.05, 0.1) is 7.11 Å². The van der Waals surface area contributed by atoms with Crippen LogP contribution in [0.25, 0.3) is 10.8 Å². The van der Waals surface area contributed by atoms with Crippen LogP contribution in [0.2, 0.25) is 0 Å². The number of nitrogens with one attached hydrogen (secondary N) is 1. The first-order valence-electron chi connectivity index (χ1n) is 3.65. The molecule has 2 rings (SSSR count). The molecule has 1 aromatic heterocycles. The van der Waals surface area contributed by atoms with Crippen LogP contribution in [0.5, 0.6) is 11.6 Å². The zero-order chi connectivity index (χ0) is 8.55. The number of rotatable bonds is 1. The van der Waals surface area contributed by atoms with Crippen LogP contribution >= 0.6 is 0 Å². The maximum absolute atomic E-state index is 9.32. The number of fused-ring (bicyclic) bond motifs is 1. The summed E-state index contributed by atoms with van der Waals surface area (Å²) in [5, 5.41) is 11.1. The fraction of sp³-hybridized carbons (Fsp3) is 0.111. The van der Waals surface area contributed by atoms with E-state index in [4.69, 9.17) is 4.74 Å². The summed E-state index contributed by atoms with van der Waals surface area (Å²) >= 11 is 0. The van der Waals surface area contributed by atoms with Crippen LogP contribution < -0.4 is 4.74 Å². The van der Waals surface area contributed by atoms with Gasteiger partial charge in [0, 0.05) is 17.0 Å². The molecule has 3 heteroatoms. The first kappa shape index (κ1) is 7.03. The summed E-state index contributed by atoms with van der Waals surface area (Å²) in [5.41, 5.74) is 0. The Bertz CT molecular complexity index is 406. The molecule has 2 N–H and O–H groups in total. The highest BCUT2D eigenvalue weighted by Crippen LogP contribution is 2.27. The van der Waals surface area contributed by atoms with E-state index >= 15 is 0 Å². The predicted molar refractivity (Wildman–Crippen MR) is 46.5 cm³/mol. The third-order valence-electron chi connectivity index (χ3n) is 1.88. The fourth-order valence-electron chi connectivity index (χ4n) is 1.22. The van der Waals surface area contributed by atoms with Gasteiger partial charge in [-0.25, -0.2) is 0 Å². The van der Waals surface area contributed by atoms with Gasteiger partial charge in [-0.1, -0.05) is 0 Å². The molecule has 0 saturated carbocycles. The Labute approximate surface area is 69.6 Å². The van der Waals surface area contributed by atoms with Gasteiger partial charge in [-0.2, -0.15) is 0 Å². The van der Waals surface area contributed by atoms with Crippen LogP contribution in [-0.4, -0.2) is 17.2 Å². The summed E-state index contributed by atoms with van der Waals surface area (Å²) in [4.78, 5) is 2.73. The average Bonchev–Trinajstić information content (AvgIpc) is 2.47. The number of H-pyrrole nitrogens is 1. The minimum Gasteiger partial charge on any atom is -0.497 e. The second-order valence-corrected chi connectivity index (χ2v) is 2.59. The summed E-state index contributed by atoms with van der Waals surface area (Å²) in [5.74, 6) is 0.932. The number of ether oxygens (including phenoxy) is 1. The van der Waals surface area contributed by atoms with Crippen LogP contribution in [0.4, 0.5) is 0 Å². The lowest BCUT2D eigenvalue weighted by Crippen LogP contribution is -1.80. The average molecular weight is 163 g/mol. The Kier molecular flexibility index (Phi) is 1.43. The molecule has 2 aromatic rings. The molecule has 0 unspecified atom stereocenters. The maximum atomic E-state index is 9.32. The Hall–Kier alpha value is -1.64. The molecule has 0 spiro atoms. The first-order chi connectivity index (χ1) is 5.81. The minimum absolute atomic E-state index is 0.184. The molecule has 3 nitrogen and oxygen atoms in total. The Morgan fingerprint density at radius 1 is 1.42 bits per heavy atom. The lowest BCUT2D eigenvalue weighted by Gasteiger charge is -1.98. The number of benzene rings is 1. The number of methoxy groups -OCH3 is 1. The second-order valence-electron chi connectivity index (χ2n) is 2.59. The van der Waals surface area contributed by atoms with Crippen LogP contribution in [0.3, 0.4) is 0 Å². The minimum atomic E-state index is 0.184. The van der Waals surface area contributed by atoms with Gasteiger partial charge < -0.3 is 14.8 Å². The molecular formula is C9H9NO2. The summed E-state index contributed by atoms with van der Waals surface area (Å²) < 4.78 is 5.02. The molecule has 1 aromatic carbocycles. The third-order valence-corrected chi connectivity index (χ3v) is 1.88. The molecule has 62 valence electrons. The highest BCUT2D eigenvalue weighted by Gasteiger charge is 2.01. The Balaban J connectivity index is 2.71. The lowest BCUT2D eigenvalue weighted by atomic mass is 10.2. The van der Waals surface area contributed by atoms with E-state index in [1.54, 1.807) is 19.4 Å². The lowest BCUT2D eigenvalue weighted by molar-refractivity contribution is 0.415. The van der Waals surface area contributed by atoms with Crippen LogP contribution in [0.1, 0.15) is 0 Å². The van der Waals surface area contributed by atoms with Crippen molar-refractivity contribution in [1.29, 1.82) is 0 Å². The molecule has 0 amide bonds. The number of aromatic hydroxyl groups is 1. The monoisotopic (exact) mass is 163 g/mol. The summed E-state index contributed by atoms with van der Waals surface area (Å²) in [6, 6.07) is 5.54. The van der Waals surface area contributed by atoms with Crippen molar-refractivity contribution in [2.24, 2.45) is 0 Å². The molecule has 0 aliphatic rings. The topological polar surface area (TPSA) is 45.2 Å². The van der Waals surface area contributed by atoms with E-state index in [-0.39, 0.29) is 5.88 Å². The summed E-state index contributed by atoms with van der Waals surface area (Å²) in [6.07, 6.45) is 1.75. The number of hydrogen-bond donors (Lipinski definition) is 2. The smallest absolute Gasteiger partial charge is 0.196 e. The molecule has 0 aliphatic heterocycles. The van der Waals surface area contributed by atoms with E-state index in [0.717, 1.165) is 16.5 Å². The van der Waals surface area contributed by atoms with Gasteiger partial charge in [0.2, 0.25) is 0 Å². The number of aromatic amines is 1. The molecule has 0 fully saturated rings. The molecule has 0 radical (unpaired) electrons. The number of hydrogen-bond acceptors (Lipinski definition) is 2. The van der Waals surface area contributed by atoms with Crippen molar-refractivity contribution in [3.8, 4) is 11.6 Å². The standard InChI is InChI=1S/C9H9NO2/c1-12-7-3-2-6-5-10-9(11)8(6)4-7/h2-5,10-11H,1H3. The van der Waals surface area contributed by atoms with Crippen molar-refractivity contribution < 1.29 is 9.84 Å². The first-order valence-corrected chi connectivity index (χ1v) is 3.65. The molecule has 1 heterocycles. The van der Waals surface area contributed by atoms with Gasteiger partial charge in [0.1, 0.15) is 5.75 Å². The van der Waals surface area contributed by atoms with Crippen molar-refractivity contribution in [2.75, 3.05) is 7.11 Å². The van der Waals surface area contributed by atoms with E-state index in [0.29, 0.717) is 0 Å². The quantitative estimate of drug-likeness (QED) is 0.674. The van der Waals surface area contributed by atoms with Gasteiger partial charge >= 0.3 is 0 Å². The maximum Gasteiger partial charge on any atom is 0.196 e. The molecule has 0 bridgehead atoms. The van der Waals surface area contributed by atoms with Gasteiger partial charge in [-0.15, -0.1) is 0 Å². The summed E-state index contributed by atoms with van der Waals surface area (Å²) in [6.45, 7) is 0. The van der Waals surface area contributed by atoms with E-state index in [9.17, 15) is 5.11 Å². The number of aromatic nitrogens is 1. The van der Waals surface area contributed by atoms with E-state index in [2.05, 4.69) is 4.98 Å². The highest BCUT2D eigenvalue weighted by molar-refractivity contribution is 5.88. The van der Waals surface area contributed by atoms with Crippen molar-refractivity contribution in [3.63, 3.8) is 0 Å². The second kappa shape index (κ2) is 2.44. The van der Waals surface area contributed by atoms with Crippen molar-refractivity contribution >= 4 is 10.8 Å². The van der Waals surface area contributed by atoms with Crippen molar-refractivity contribution in [3.05, 3.63) is 24.4 Å². The normalized spacial score (nSPS) is 10.4. The molecule has 0 aliphatic carbocycles. The van der Waals surface area contributed by atoms with Gasteiger partial charge in [-0.05, 0) is 18.2 Å². The van der Waals surface area contributed by atoms with E-state index < -0.39 is 0 Å². The summed E-state index contributed by atoms with van der Waals surface area (Å²) in [7, 11) is 1.60. The van der Waals surface area contributed by atoms with Crippen LogP contribution in [-0.2, 0) is 0 Å². The molecule has 0 atom stereocenters. The van der Waals surface area contributed by atoms with Crippen molar-refractivity contribution in [1.82, 2.24) is 4.98 Å². The molecule has 12 heavy (non-hydrogen) atoms. The Morgan fingerprint density at radius 2 is 2.25 bits per heavy atom. The highest BCUT2D eigenvalue weighted by atomic mass is 16.5. The largest absolute Gasteiger partial charge is 0.497 e. The van der Waals surface area contributed by atoms with Gasteiger partial charge in [0.15, 0.2) is 5.88 Å². The van der Waals surface area contributed by atoms with E-state index in [1.165, 1.54) is 0 Å². The third kappa shape index (κ3) is 0.906. The zero-order valence-corrected chi connectivity index (χ0v) is 6.66. The fourth-order valence-corrected chi connectivity index (χ4v) is 1.22. The predicted octanol–water partition coefficient (Wildman–Crippen LogP) is 1.88. The SMILES string of the molecule is COc1ccc2c[nH]c(O)c2c1.